The van der Waals surface area contributed by atoms with E-state index in [0.717, 1.165) is 25.3 Å². The Morgan fingerprint density at radius 3 is 2.59 bits per heavy atom. The first kappa shape index (κ1) is 13.1. The lowest BCUT2D eigenvalue weighted by Gasteiger charge is -2.10. The monoisotopic (exact) mass is 250 g/mol. The average molecular weight is 250 g/mol. The highest BCUT2D eigenvalue weighted by Crippen LogP contribution is 2.28. The van der Waals surface area contributed by atoms with E-state index < -0.39 is 18.1 Å². The molecule has 1 N–H and O–H groups in total. The highest BCUT2D eigenvalue weighted by Gasteiger charge is 2.31. The Labute approximate surface area is 94.6 Å². The number of aromatic hydroxyl groups is 1. The van der Waals surface area contributed by atoms with Gasteiger partial charge in [0.1, 0.15) is 11.5 Å². The van der Waals surface area contributed by atoms with Gasteiger partial charge >= 0.3 is 12.3 Å². The lowest BCUT2D eigenvalue weighted by atomic mass is 10.1. The second-order valence-electron chi connectivity index (χ2n) is 3.09. The van der Waals surface area contributed by atoms with E-state index in [1.807, 2.05) is 0 Å². The lowest BCUT2D eigenvalue weighted by molar-refractivity contribution is -0.274. The minimum absolute atomic E-state index is 0.00130. The fourth-order valence-electron chi connectivity index (χ4n) is 1.13. The summed E-state index contributed by atoms with van der Waals surface area (Å²) in [7, 11) is 1.13. The van der Waals surface area contributed by atoms with Gasteiger partial charge in [-0.25, -0.2) is 0 Å². The molecule has 1 aromatic carbocycles. The van der Waals surface area contributed by atoms with E-state index in [1.165, 1.54) is 0 Å². The first-order chi connectivity index (χ1) is 7.81. The van der Waals surface area contributed by atoms with E-state index in [9.17, 15) is 23.1 Å². The number of halogens is 3. The zero-order valence-electron chi connectivity index (χ0n) is 8.75. The van der Waals surface area contributed by atoms with Crippen molar-refractivity contribution in [2.75, 3.05) is 7.11 Å². The highest BCUT2D eigenvalue weighted by atomic mass is 19.4. The molecule has 0 atom stereocenters. The summed E-state index contributed by atoms with van der Waals surface area (Å²) in [6.45, 7) is 0. The molecule has 0 aliphatic carbocycles. The zero-order chi connectivity index (χ0) is 13.1. The van der Waals surface area contributed by atoms with Crippen LogP contribution >= 0.6 is 0 Å². The van der Waals surface area contributed by atoms with Crippen molar-refractivity contribution >= 4 is 5.97 Å². The van der Waals surface area contributed by atoms with Crippen LogP contribution in [0.1, 0.15) is 5.56 Å². The molecular weight excluding hydrogens is 241 g/mol. The SMILES string of the molecule is COC(=O)Cc1cc(OC(F)(F)F)ccc1O. The molecule has 0 heterocycles. The Morgan fingerprint density at radius 1 is 1.41 bits per heavy atom. The standard InChI is InChI=1S/C10H9F3O4/c1-16-9(15)5-6-4-7(2-3-8(6)14)17-10(11,12)13/h2-4,14H,5H2,1H3. The predicted octanol–water partition coefficient (Wildman–Crippen LogP) is 2.01. The number of methoxy groups -OCH3 is 1. The maximum Gasteiger partial charge on any atom is 0.573 e. The van der Waals surface area contributed by atoms with Gasteiger partial charge in [0, 0.05) is 5.56 Å². The molecule has 94 valence electrons. The van der Waals surface area contributed by atoms with E-state index in [1.54, 1.807) is 0 Å². The van der Waals surface area contributed by atoms with Crippen molar-refractivity contribution in [3.05, 3.63) is 23.8 Å². The van der Waals surface area contributed by atoms with Crippen LogP contribution < -0.4 is 4.74 Å². The molecule has 0 saturated carbocycles. The molecule has 0 aliphatic heterocycles. The van der Waals surface area contributed by atoms with Gasteiger partial charge < -0.3 is 14.6 Å². The molecule has 0 bridgehead atoms. The summed E-state index contributed by atoms with van der Waals surface area (Å²) in [5, 5.41) is 9.33. The molecule has 1 rings (SSSR count). The first-order valence-electron chi connectivity index (χ1n) is 4.46. The molecule has 0 fully saturated rings. The summed E-state index contributed by atoms with van der Waals surface area (Å²) in [6, 6.07) is 2.89. The summed E-state index contributed by atoms with van der Waals surface area (Å²) in [6.07, 6.45) is -5.16. The molecule has 0 spiro atoms. The van der Waals surface area contributed by atoms with E-state index in [-0.39, 0.29) is 17.7 Å². The van der Waals surface area contributed by atoms with Gasteiger partial charge in [-0.15, -0.1) is 13.2 Å². The van der Waals surface area contributed by atoms with Gasteiger partial charge in [0.25, 0.3) is 0 Å². The maximum absolute atomic E-state index is 11.9. The number of benzene rings is 1. The third kappa shape index (κ3) is 4.21. The van der Waals surface area contributed by atoms with Crippen LogP contribution in [0.3, 0.4) is 0 Å². The Hall–Kier alpha value is -1.92. The summed E-state index contributed by atoms with van der Waals surface area (Å²) < 4.78 is 43.8. The first-order valence-corrected chi connectivity index (χ1v) is 4.46. The molecule has 1 aromatic rings. The highest BCUT2D eigenvalue weighted by molar-refractivity contribution is 5.73. The average Bonchev–Trinajstić information content (AvgIpc) is 2.20. The van der Waals surface area contributed by atoms with E-state index in [2.05, 4.69) is 9.47 Å². The number of esters is 1. The van der Waals surface area contributed by atoms with Gasteiger partial charge in [0.2, 0.25) is 0 Å². The van der Waals surface area contributed by atoms with Crippen molar-refractivity contribution in [1.29, 1.82) is 0 Å². The molecule has 0 radical (unpaired) electrons. The van der Waals surface area contributed by atoms with Crippen LogP contribution in [0.4, 0.5) is 13.2 Å². The molecular formula is C10H9F3O4. The topological polar surface area (TPSA) is 55.8 Å². The number of hydrogen-bond donors (Lipinski definition) is 1. The molecule has 0 saturated heterocycles. The molecule has 4 nitrogen and oxygen atoms in total. The summed E-state index contributed by atoms with van der Waals surface area (Å²) in [5.41, 5.74) is -0.00130. The van der Waals surface area contributed by atoms with Crippen LogP contribution in [-0.4, -0.2) is 24.5 Å². The molecule has 0 amide bonds. The number of rotatable bonds is 3. The normalized spacial score (nSPS) is 11.1. The van der Waals surface area contributed by atoms with Crippen LogP contribution in [0.2, 0.25) is 0 Å². The largest absolute Gasteiger partial charge is 0.573 e. The fourth-order valence-corrected chi connectivity index (χ4v) is 1.13. The van der Waals surface area contributed by atoms with Crippen molar-refractivity contribution in [3.63, 3.8) is 0 Å². The summed E-state index contributed by atoms with van der Waals surface area (Å²) >= 11 is 0. The van der Waals surface area contributed by atoms with Crippen LogP contribution in [0.25, 0.3) is 0 Å². The molecule has 17 heavy (non-hydrogen) atoms. The van der Waals surface area contributed by atoms with Crippen molar-refractivity contribution in [1.82, 2.24) is 0 Å². The van der Waals surface area contributed by atoms with Crippen molar-refractivity contribution in [2.45, 2.75) is 12.8 Å². The van der Waals surface area contributed by atoms with Gasteiger partial charge in [-0.2, -0.15) is 0 Å². The lowest BCUT2D eigenvalue weighted by Crippen LogP contribution is -2.17. The quantitative estimate of drug-likeness (QED) is 0.833. The molecule has 0 aromatic heterocycles. The van der Waals surface area contributed by atoms with Gasteiger partial charge in [-0.3, -0.25) is 4.79 Å². The predicted molar refractivity (Wildman–Crippen MR) is 50.5 cm³/mol. The number of carbonyl (C=O) groups is 1. The maximum atomic E-state index is 11.9. The number of phenolic OH excluding ortho intramolecular Hbond substituents is 1. The number of hydrogen-bond acceptors (Lipinski definition) is 4. The van der Waals surface area contributed by atoms with Crippen molar-refractivity contribution < 1.29 is 32.5 Å². The van der Waals surface area contributed by atoms with Crippen LogP contribution in [0.15, 0.2) is 18.2 Å². The van der Waals surface area contributed by atoms with Crippen LogP contribution in [-0.2, 0) is 16.0 Å². The smallest absolute Gasteiger partial charge is 0.508 e. The zero-order valence-corrected chi connectivity index (χ0v) is 8.75. The van der Waals surface area contributed by atoms with Crippen LogP contribution in [0, 0.1) is 0 Å². The van der Waals surface area contributed by atoms with E-state index >= 15 is 0 Å². The molecule has 7 heteroatoms. The number of ether oxygens (including phenoxy) is 2. The van der Waals surface area contributed by atoms with Crippen molar-refractivity contribution in [3.8, 4) is 11.5 Å². The van der Waals surface area contributed by atoms with E-state index in [4.69, 9.17) is 0 Å². The van der Waals surface area contributed by atoms with Crippen molar-refractivity contribution in [2.24, 2.45) is 0 Å². The van der Waals surface area contributed by atoms with Gasteiger partial charge in [0.15, 0.2) is 0 Å². The Bertz CT molecular complexity index is 415. The number of alkyl halides is 3. The minimum atomic E-state index is -4.82. The summed E-state index contributed by atoms with van der Waals surface area (Å²) in [4.78, 5) is 10.9. The Balaban J connectivity index is 2.90. The molecule has 0 aliphatic rings. The second-order valence-corrected chi connectivity index (χ2v) is 3.09. The Morgan fingerprint density at radius 2 is 2.06 bits per heavy atom. The summed E-state index contributed by atoms with van der Waals surface area (Å²) in [5.74, 6) is -1.48. The second kappa shape index (κ2) is 4.94. The third-order valence-electron chi connectivity index (χ3n) is 1.85. The fraction of sp³-hybridized carbons (Fsp3) is 0.300. The number of phenols is 1. The molecule has 0 unspecified atom stereocenters. The number of carbonyl (C=O) groups excluding carboxylic acids is 1. The van der Waals surface area contributed by atoms with Crippen LogP contribution in [0.5, 0.6) is 11.5 Å². The minimum Gasteiger partial charge on any atom is -0.508 e. The van der Waals surface area contributed by atoms with E-state index in [0.29, 0.717) is 0 Å². The van der Waals surface area contributed by atoms with Gasteiger partial charge in [-0.1, -0.05) is 0 Å². The third-order valence-corrected chi connectivity index (χ3v) is 1.85. The van der Waals surface area contributed by atoms with Gasteiger partial charge in [0.05, 0.1) is 13.5 Å². The van der Waals surface area contributed by atoms with Gasteiger partial charge in [-0.05, 0) is 18.2 Å². The Kier molecular flexibility index (Phi) is 3.82.